The summed E-state index contributed by atoms with van der Waals surface area (Å²) < 4.78 is 14.3. The van der Waals surface area contributed by atoms with Crippen LogP contribution < -0.4 is 4.74 Å². The second-order valence-electron chi connectivity index (χ2n) is 10.6. The van der Waals surface area contributed by atoms with Gasteiger partial charge in [0, 0.05) is 26.2 Å². The Morgan fingerprint density at radius 2 is 1.94 bits per heavy atom. The molecule has 6 heteroatoms. The fraction of sp³-hybridized carbons (Fsp3) is 0.481. The van der Waals surface area contributed by atoms with Crippen LogP contribution >= 0.6 is 0 Å². The van der Waals surface area contributed by atoms with E-state index in [0.29, 0.717) is 18.2 Å². The summed E-state index contributed by atoms with van der Waals surface area (Å²) in [6, 6.07) is 13.5. The molecule has 1 atom stereocenters. The average molecular weight is 462 g/mol. The Morgan fingerprint density at radius 1 is 1.18 bits per heavy atom. The van der Waals surface area contributed by atoms with Gasteiger partial charge >= 0.3 is 0 Å². The number of hydrogen-bond donors (Lipinski definition) is 0. The molecule has 5 nitrogen and oxygen atoms in total. The molecule has 1 aliphatic carbocycles. The van der Waals surface area contributed by atoms with Crippen molar-refractivity contribution >= 4 is 19.1 Å². The van der Waals surface area contributed by atoms with E-state index < -0.39 is 8.07 Å². The number of rotatable bonds is 9. The maximum atomic E-state index is 9.42. The van der Waals surface area contributed by atoms with Crippen molar-refractivity contribution in [3.63, 3.8) is 0 Å². The van der Waals surface area contributed by atoms with Gasteiger partial charge in [0.2, 0.25) is 0 Å². The number of nitrogens with zero attached hydrogens (tertiary/aromatic N) is 3. The molecule has 3 aromatic rings. The number of imidazole rings is 1. The number of fused-ring (bicyclic) bond motifs is 1. The minimum absolute atomic E-state index is 0.138. The Kier molecular flexibility index (Phi) is 6.65. The number of ether oxygens (including phenoxy) is 2. The Balaban J connectivity index is 1.81. The molecule has 0 radical (unpaired) electrons. The Morgan fingerprint density at radius 3 is 2.58 bits per heavy atom. The van der Waals surface area contributed by atoms with Gasteiger partial charge in [-0.1, -0.05) is 25.7 Å². The van der Waals surface area contributed by atoms with Gasteiger partial charge < -0.3 is 14.0 Å². The summed E-state index contributed by atoms with van der Waals surface area (Å²) in [6.45, 7) is 12.6. The van der Waals surface area contributed by atoms with Crippen LogP contribution in [0, 0.1) is 31.1 Å². The van der Waals surface area contributed by atoms with Gasteiger partial charge in [0.25, 0.3) is 0 Å². The highest BCUT2D eigenvalue weighted by Crippen LogP contribution is 2.50. The van der Waals surface area contributed by atoms with Crippen molar-refractivity contribution in [2.45, 2.75) is 65.0 Å². The summed E-state index contributed by atoms with van der Waals surface area (Å²) in [6.07, 6.45) is 2.37. The summed E-state index contributed by atoms with van der Waals surface area (Å²) in [5.74, 6) is 2.62. The fourth-order valence-corrected chi connectivity index (χ4v) is 5.39. The molecule has 174 valence electrons. The fourth-order valence-electron chi connectivity index (χ4n) is 4.64. The first-order valence-electron chi connectivity index (χ1n) is 11.8. The molecule has 2 aromatic carbocycles. The Labute approximate surface area is 198 Å². The van der Waals surface area contributed by atoms with Crippen LogP contribution in [0.2, 0.25) is 25.7 Å². The lowest BCUT2D eigenvalue weighted by Crippen LogP contribution is -2.22. The summed E-state index contributed by atoms with van der Waals surface area (Å²) in [5, 5.41) is 9.42. The van der Waals surface area contributed by atoms with Gasteiger partial charge in [-0.25, -0.2) is 4.98 Å². The summed E-state index contributed by atoms with van der Waals surface area (Å²) in [5.41, 5.74) is 6.16. The number of hydrogen-bond acceptors (Lipinski definition) is 4. The third-order valence-electron chi connectivity index (χ3n) is 6.52. The molecular formula is C27H35N3O2Si. The number of methoxy groups -OCH3 is 1. The number of benzene rings is 2. The molecule has 0 N–H and O–H groups in total. The van der Waals surface area contributed by atoms with Gasteiger partial charge in [-0.3, -0.25) is 0 Å². The van der Waals surface area contributed by atoms with E-state index in [1.165, 1.54) is 29.5 Å². The smallest absolute Gasteiger partial charge is 0.124 e. The van der Waals surface area contributed by atoms with Crippen LogP contribution in [-0.4, -0.2) is 31.3 Å². The zero-order valence-electron chi connectivity index (χ0n) is 20.7. The van der Waals surface area contributed by atoms with Crippen LogP contribution in [0.3, 0.4) is 0 Å². The van der Waals surface area contributed by atoms with E-state index in [1.54, 1.807) is 7.11 Å². The standard InChI is InChI=1S/C27H35N3O2Si/c1-18-13-19(2)25(24(14-18)31-3)26(21-8-9-21)27-29-22-15-20(16-28)7-10-23(22)30(27)17-32-11-12-33(4,5)6/h7,10,13-15,21,26H,8-9,11-12,17H2,1-6H3. The van der Waals surface area contributed by atoms with Crippen LogP contribution in [0.5, 0.6) is 5.75 Å². The molecule has 0 aliphatic heterocycles. The molecule has 1 fully saturated rings. The zero-order chi connectivity index (χ0) is 23.8. The lowest BCUT2D eigenvalue weighted by Gasteiger charge is -2.24. The molecule has 1 heterocycles. The van der Waals surface area contributed by atoms with E-state index in [4.69, 9.17) is 14.5 Å². The molecule has 33 heavy (non-hydrogen) atoms. The van der Waals surface area contributed by atoms with Crippen LogP contribution in [0.15, 0.2) is 30.3 Å². The topological polar surface area (TPSA) is 60.1 Å². The number of nitriles is 1. The molecule has 1 unspecified atom stereocenters. The third kappa shape index (κ3) is 5.15. The van der Waals surface area contributed by atoms with Crippen molar-refractivity contribution in [1.82, 2.24) is 9.55 Å². The quantitative estimate of drug-likeness (QED) is 0.274. The number of aryl methyl sites for hydroxylation is 2. The van der Waals surface area contributed by atoms with Crippen LogP contribution in [0.1, 0.15) is 46.8 Å². The third-order valence-corrected chi connectivity index (χ3v) is 8.22. The second-order valence-corrected chi connectivity index (χ2v) is 16.2. The molecule has 4 rings (SSSR count). The first-order chi connectivity index (χ1) is 15.7. The average Bonchev–Trinajstić information content (AvgIpc) is 3.53. The van der Waals surface area contributed by atoms with Crippen LogP contribution in [0.4, 0.5) is 0 Å². The molecule has 0 saturated heterocycles. The molecule has 1 saturated carbocycles. The minimum atomic E-state index is -1.17. The van der Waals surface area contributed by atoms with Gasteiger partial charge in [-0.05, 0) is 74.0 Å². The van der Waals surface area contributed by atoms with E-state index in [0.717, 1.165) is 35.3 Å². The van der Waals surface area contributed by atoms with Gasteiger partial charge in [0.15, 0.2) is 0 Å². The van der Waals surface area contributed by atoms with E-state index in [1.807, 2.05) is 18.2 Å². The SMILES string of the molecule is COc1cc(C)cc(C)c1C(c1nc2cc(C#N)ccc2n1COCC[Si](C)(C)C)C1CC1. The second kappa shape index (κ2) is 9.32. The van der Waals surface area contributed by atoms with Gasteiger partial charge in [-0.15, -0.1) is 0 Å². The summed E-state index contributed by atoms with van der Waals surface area (Å²) >= 11 is 0. The highest BCUT2D eigenvalue weighted by molar-refractivity contribution is 6.76. The molecule has 1 aliphatic rings. The predicted molar refractivity (Wildman–Crippen MR) is 136 cm³/mol. The predicted octanol–water partition coefficient (Wildman–Crippen LogP) is 6.39. The van der Waals surface area contributed by atoms with E-state index >= 15 is 0 Å². The largest absolute Gasteiger partial charge is 0.496 e. The Hall–Kier alpha value is -2.62. The highest BCUT2D eigenvalue weighted by Gasteiger charge is 2.39. The zero-order valence-corrected chi connectivity index (χ0v) is 21.7. The van der Waals surface area contributed by atoms with E-state index in [-0.39, 0.29) is 5.92 Å². The van der Waals surface area contributed by atoms with Gasteiger partial charge in [0.05, 0.1) is 29.8 Å². The van der Waals surface area contributed by atoms with Crippen LogP contribution in [-0.2, 0) is 11.5 Å². The minimum Gasteiger partial charge on any atom is -0.496 e. The van der Waals surface area contributed by atoms with Crippen molar-refractivity contribution in [3.05, 3.63) is 58.4 Å². The Bertz CT molecular complexity index is 1200. The van der Waals surface area contributed by atoms with Crippen molar-refractivity contribution in [1.29, 1.82) is 5.26 Å². The summed E-state index contributed by atoms with van der Waals surface area (Å²) in [4.78, 5) is 5.11. The molecular weight excluding hydrogens is 426 g/mol. The normalized spacial score (nSPS) is 14.9. The highest BCUT2D eigenvalue weighted by atomic mass is 28.3. The van der Waals surface area contributed by atoms with Crippen molar-refractivity contribution < 1.29 is 9.47 Å². The molecule has 0 spiro atoms. The van der Waals surface area contributed by atoms with Crippen molar-refractivity contribution in [3.8, 4) is 11.8 Å². The van der Waals surface area contributed by atoms with Gasteiger partial charge in [-0.2, -0.15) is 5.26 Å². The lowest BCUT2D eigenvalue weighted by atomic mass is 9.88. The van der Waals surface area contributed by atoms with Crippen molar-refractivity contribution in [2.24, 2.45) is 5.92 Å². The van der Waals surface area contributed by atoms with E-state index in [9.17, 15) is 5.26 Å². The van der Waals surface area contributed by atoms with E-state index in [2.05, 4.69) is 56.3 Å². The maximum Gasteiger partial charge on any atom is 0.124 e. The van der Waals surface area contributed by atoms with Crippen molar-refractivity contribution in [2.75, 3.05) is 13.7 Å². The molecule has 1 aromatic heterocycles. The van der Waals surface area contributed by atoms with Crippen LogP contribution in [0.25, 0.3) is 11.0 Å². The van der Waals surface area contributed by atoms with Gasteiger partial charge in [0.1, 0.15) is 18.3 Å². The monoisotopic (exact) mass is 461 g/mol. The first kappa shape index (κ1) is 23.5. The summed E-state index contributed by atoms with van der Waals surface area (Å²) in [7, 11) is 0.584. The lowest BCUT2D eigenvalue weighted by molar-refractivity contribution is 0.0871. The maximum absolute atomic E-state index is 9.42. The molecule has 0 bridgehead atoms. The molecule has 0 amide bonds. The number of aromatic nitrogens is 2. The first-order valence-corrected chi connectivity index (χ1v) is 15.6.